The molecule has 1 fully saturated rings. The maximum absolute atomic E-state index is 12.4. The molecule has 1 saturated heterocycles. The van der Waals surface area contributed by atoms with Crippen molar-refractivity contribution in [3.63, 3.8) is 0 Å². The Bertz CT molecular complexity index is 666. The van der Waals surface area contributed by atoms with Crippen molar-refractivity contribution >= 4 is 5.97 Å². The molecule has 0 atom stereocenters. The summed E-state index contributed by atoms with van der Waals surface area (Å²) in [7, 11) is 0. The number of benzene rings is 2. The molecule has 0 aliphatic carbocycles. The van der Waals surface area contributed by atoms with Gasteiger partial charge in [-0.2, -0.15) is 0 Å². The third-order valence-electron chi connectivity index (χ3n) is 4.81. The van der Waals surface area contributed by atoms with Crippen molar-refractivity contribution in [2.45, 2.75) is 37.7 Å². The Labute approximate surface area is 155 Å². The van der Waals surface area contributed by atoms with E-state index in [9.17, 15) is 4.79 Å². The minimum Gasteiger partial charge on any atom is -0.494 e. The Morgan fingerprint density at radius 1 is 0.923 bits per heavy atom. The number of piperidine rings is 1. The lowest BCUT2D eigenvalue weighted by Crippen LogP contribution is -2.43. The number of carbonyl (C=O) groups is 1. The molecule has 2 aromatic carbocycles. The molecule has 0 saturated carbocycles. The first kappa shape index (κ1) is 18.5. The van der Waals surface area contributed by atoms with Gasteiger partial charge in [0.2, 0.25) is 0 Å². The summed E-state index contributed by atoms with van der Waals surface area (Å²) in [4.78, 5) is 12.4. The zero-order valence-corrected chi connectivity index (χ0v) is 15.2. The Morgan fingerprint density at radius 3 is 2.27 bits per heavy atom. The van der Waals surface area contributed by atoms with Crippen molar-refractivity contribution < 1.29 is 14.3 Å². The monoisotopic (exact) mass is 353 g/mol. The van der Waals surface area contributed by atoms with Crippen molar-refractivity contribution in [3.8, 4) is 5.75 Å². The highest BCUT2D eigenvalue weighted by Crippen LogP contribution is 2.35. The number of unbranched alkanes of at least 4 members (excludes halogenated alkanes) is 1. The van der Waals surface area contributed by atoms with Gasteiger partial charge in [-0.25, -0.2) is 0 Å². The van der Waals surface area contributed by atoms with E-state index in [1.807, 2.05) is 48.5 Å². The van der Waals surface area contributed by atoms with E-state index in [0.717, 1.165) is 50.1 Å². The second-order valence-electron chi connectivity index (χ2n) is 6.70. The van der Waals surface area contributed by atoms with Crippen molar-refractivity contribution in [1.82, 2.24) is 5.32 Å². The smallest absolute Gasteiger partial charge is 0.306 e. The zero-order valence-electron chi connectivity index (χ0n) is 15.2. The zero-order chi connectivity index (χ0) is 18.1. The maximum Gasteiger partial charge on any atom is 0.306 e. The van der Waals surface area contributed by atoms with Crippen LogP contribution in [0.4, 0.5) is 0 Å². The number of ether oxygens (including phenoxy) is 2. The molecule has 3 rings (SSSR count). The van der Waals surface area contributed by atoms with Crippen LogP contribution in [-0.2, 0) is 15.1 Å². The Balaban J connectivity index is 1.46. The number of rotatable bonds is 8. The van der Waals surface area contributed by atoms with E-state index in [-0.39, 0.29) is 5.97 Å². The molecule has 26 heavy (non-hydrogen) atoms. The van der Waals surface area contributed by atoms with E-state index in [2.05, 4.69) is 17.4 Å². The molecular formula is C22H27NO3. The van der Waals surface area contributed by atoms with Crippen LogP contribution in [0.1, 0.15) is 37.7 Å². The van der Waals surface area contributed by atoms with Gasteiger partial charge in [0, 0.05) is 19.3 Å². The maximum atomic E-state index is 12.4. The Hall–Kier alpha value is -2.33. The molecule has 138 valence electrons. The minimum absolute atomic E-state index is 0.115. The minimum atomic E-state index is -0.482. The lowest BCUT2D eigenvalue weighted by Gasteiger charge is -2.37. The van der Waals surface area contributed by atoms with Crippen LogP contribution < -0.4 is 10.1 Å². The molecule has 4 heteroatoms. The summed E-state index contributed by atoms with van der Waals surface area (Å²) in [6.45, 7) is 2.35. The number of nitrogens with one attached hydrogen (secondary N) is 1. The van der Waals surface area contributed by atoms with Gasteiger partial charge in [-0.1, -0.05) is 48.5 Å². The fraction of sp³-hybridized carbons (Fsp3) is 0.409. The van der Waals surface area contributed by atoms with Crippen molar-refractivity contribution in [2.24, 2.45) is 0 Å². The van der Waals surface area contributed by atoms with Gasteiger partial charge in [0.05, 0.1) is 6.61 Å². The highest BCUT2D eigenvalue weighted by molar-refractivity contribution is 5.70. The van der Waals surface area contributed by atoms with Crippen molar-refractivity contribution in [1.29, 1.82) is 0 Å². The summed E-state index contributed by atoms with van der Waals surface area (Å²) in [5.41, 5.74) is 0.617. The van der Waals surface area contributed by atoms with Crippen LogP contribution in [0.15, 0.2) is 60.7 Å². The third kappa shape index (κ3) is 5.09. The first-order chi connectivity index (χ1) is 12.8. The van der Waals surface area contributed by atoms with Crippen LogP contribution in [0.5, 0.6) is 5.75 Å². The van der Waals surface area contributed by atoms with Crippen LogP contribution in [0.3, 0.4) is 0 Å². The SMILES string of the molecule is O=C(CCCCOc1ccccc1)OC1(c2ccccc2)CCNCC1. The van der Waals surface area contributed by atoms with Crippen LogP contribution in [0, 0.1) is 0 Å². The summed E-state index contributed by atoms with van der Waals surface area (Å²) in [5, 5.41) is 3.35. The lowest BCUT2D eigenvalue weighted by molar-refractivity contribution is -0.164. The molecule has 0 amide bonds. The second-order valence-corrected chi connectivity index (χ2v) is 6.70. The number of hydrogen-bond donors (Lipinski definition) is 1. The van der Waals surface area contributed by atoms with E-state index < -0.39 is 5.60 Å². The first-order valence-corrected chi connectivity index (χ1v) is 9.44. The van der Waals surface area contributed by atoms with E-state index in [4.69, 9.17) is 9.47 Å². The van der Waals surface area contributed by atoms with Gasteiger partial charge in [0.1, 0.15) is 11.4 Å². The molecule has 1 aliphatic rings. The van der Waals surface area contributed by atoms with Crippen LogP contribution in [0.25, 0.3) is 0 Å². The molecule has 1 aliphatic heterocycles. The molecule has 1 heterocycles. The van der Waals surface area contributed by atoms with Crippen LogP contribution in [0.2, 0.25) is 0 Å². The number of carbonyl (C=O) groups excluding carboxylic acids is 1. The third-order valence-corrected chi connectivity index (χ3v) is 4.81. The van der Waals surface area contributed by atoms with E-state index >= 15 is 0 Å². The number of hydrogen-bond acceptors (Lipinski definition) is 4. The lowest BCUT2D eigenvalue weighted by atomic mass is 9.84. The van der Waals surface area contributed by atoms with Gasteiger partial charge < -0.3 is 14.8 Å². The molecule has 2 aromatic rings. The molecule has 0 spiro atoms. The average Bonchev–Trinajstić information content (AvgIpc) is 2.70. The predicted molar refractivity (Wildman–Crippen MR) is 102 cm³/mol. The van der Waals surface area contributed by atoms with E-state index in [1.54, 1.807) is 0 Å². The van der Waals surface area contributed by atoms with E-state index in [0.29, 0.717) is 13.0 Å². The van der Waals surface area contributed by atoms with Crippen LogP contribution in [-0.4, -0.2) is 25.7 Å². The second kappa shape index (κ2) is 9.39. The highest BCUT2D eigenvalue weighted by atomic mass is 16.6. The van der Waals surface area contributed by atoms with Gasteiger partial charge in [-0.3, -0.25) is 4.79 Å². The number of esters is 1. The summed E-state index contributed by atoms with van der Waals surface area (Å²) in [5.74, 6) is 0.753. The van der Waals surface area contributed by atoms with Gasteiger partial charge in [0.15, 0.2) is 0 Å². The molecule has 0 aromatic heterocycles. The molecule has 4 nitrogen and oxygen atoms in total. The molecule has 0 radical (unpaired) electrons. The average molecular weight is 353 g/mol. The van der Waals surface area contributed by atoms with Gasteiger partial charge in [-0.05, 0) is 43.6 Å². The number of para-hydroxylation sites is 1. The highest BCUT2D eigenvalue weighted by Gasteiger charge is 2.37. The molecule has 1 N–H and O–H groups in total. The van der Waals surface area contributed by atoms with Crippen LogP contribution >= 0.6 is 0 Å². The van der Waals surface area contributed by atoms with Crippen molar-refractivity contribution in [3.05, 3.63) is 66.2 Å². The molecular weight excluding hydrogens is 326 g/mol. The van der Waals surface area contributed by atoms with Gasteiger partial charge in [0.25, 0.3) is 0 Å². The van der Waals surface area contributed by atoms with Gasteiger partial charge in [-0.15, -0.1) is 0 Å². The normalized spacial score (nSPS) is 16.0. The quantitative estimate of drug-likeness (QED) is 0.574. The largest absolute Gasteiger partial charge is 0.494 e. The Morgan fingerprint density at radius 2 is 1.58 bits per heavy atom. The Kier molecular flexibility index (Phi) is 6.67. The molecule has 0 bridgehead atoms. The first-order valence-electron chi connectivity index (χ1n) is 9.44. The molecule has 0 unspecified atom stereocenters. The summed E-state index contributed by atoms with van der Waals surface area (Å²) < 4.78 is 11.7. The van der Waals surface area contributed by atoms with E-state index in [1.165, 1.54) is 0 Å². The summed E-state index contributed by atoms with van der Waals surface area (Å²) in [6, 6.07) is 19.9. The van der Waals surface area contributed by atoms with Gasteiger partial charge >= 0.3 is 5.97 Å². The fourth-order valence-electron chi connectivity index (χ4n) is 3.37. The summed E-state index contributed by atoms with van der Waals surface area (Å²) >= 11 is 0. The predicted octanol–water partition coefficient (Wildman–Crippen LogP) is 4.06. The fourth-order valence-corrected chi connectivity index (χ4v) is 3.37. The summed E-state index contributed by atoms with van der Waals surface area (Å²) in [6.07, 6.45) is 3.68. The van der Waals surface area contributed by atoms with Crippen molar-refractivity contribution in [2.75, 3.05) is 19.7 Å². The standard InChI is InChI=1S/C22H27NO3/c24-21(13-7-8-18-25-20-11-5-2-6-12-20)26-22(14-16-23-17-15-22)19-9-3-1-4-10-19/h1-6,9-12,23H,7-8,13-18H2. The topological polar surface area (TPSA) is 47.6 Å².